The Hall–Kier alpha value is -0.220. The van der Waals surface area contributed by atoms with Crippen LogP contribution in [-0.4, -0.2) is 37.7 Å². The van der Waals surface area contributed by atoms with E-state index in [2.05, 4.69) is 4.99 Å². The van der Waals surface area contributed by atoms with E-state index in [1.807, 2.05) is 13.3 Å². The Bertz CT molecular complexity index is 105. The van der Waals surface area contributed by atoms with Gasteiger partial charge in [0.2, 0.25) is 0 Å². The highest BCUT2D eigenvalue weighted by atomic mass is 32.2. The maximum atomic E-state index is 4.88. The van der Waals surface area contributed by atoms with Gasteiger partial charge in [-0.3, -0.25) is 9.83 Å². The van der Waals surface area contributed by atoms with Crippen molar-refractivity contribution in [2.75, 3.05) is 27.5 Å². The molecule has 0 aliphatic carbocycles. The molecule has 0 aromatic rings. The Morgan fingerprint density at radius 3 is 2.33 bits per heavy atom. The van der Waals surface area contributed by atoms with Gasteiger partial charge in [0.1, 0.15) is 0 Å². The summed E-state index contributed by atoms with van der Waals surface area (Å²) in [5.41, 5.74) is 0. The van der Waals surface area contributed by atoms with E-state index < -0.39 is 0 Å². The molecule has 0 spiro atoms. The first kappa shape index (κ1) is 8.78. The van der Waals surface area contributed by atoms with Crippen LogP contribution in [0.1, 0.15) is 0 Å². The monoisotopic (exact) mass is 148 g/mol. The summed E-state index contributed by atoms with van der Waals surface area (Å²) in [6.45, 7) is 0. The molecule has 0 saturated heterocycles. The van der Waals surface area contributed by atoms with E-state index in [9.17, 15) is 0 Å². The van der Waals surface area contributed by atoms with E-state index in [0.717, 1.165) is 5.17 Å². The lowest BCUT2D eigenvalue weighted by Gasteiger charge is -2.14. The normalized spacial score (nSPS) is 11.8. The molecule has 3 nitrogen and oxygen atoms in total. The zero-order chi connectivity index (χ0) is 7.28. The van der Waals surface area contributed by atoms with E-state index in [-0.39, 0.29) is 0 Å². The minimum Gasteiger partial charge on any atom is -0.275 e. The highest BCUT2D eigenvalue weighted by molar-refractivity contribution is 8.13. The number of hydrogen-bond donors (Lipinski definition) is 0. The van der Waals surface area contributed by atoms with Gasteiger partial charge in [0.25, 0.3) is 0 Å². The molecule has 0 aromatic heterocycles. The predicted octanol–water partition coefficient (Wildman–Crippen LogP) is 0.828. The molecule has 0 saturated carbocycles. The van der Waals surface area contributed by atoms with Crippen molar-refractivity contribution < 1.29 is 4.84 Å². The number of thioether (sulfide) groups is 1. The fourth-order valence-corrected chi connectivity index (χ4v) is 0.953. The molecule has 54 valence electrons. The first-order valence-corrected chi connectivity index (χ1v) is 3.77. The Balaban J connectivity index is 3.80. The number of amidine groups is 1. The van der Waals surface area contributed by atoms with Gasteiger partial charge in [-0.05, 0) is 6.26 Å². The highest BCUT2D eigenvalue weighted by Crippen LogP contribution is 2.01. The van der Waals surface area contributed by atoms with Gasteiger partial charge in [-0.25, -0.2) is 5.06 Å². The zero-order valence-corrected chi connectivity index (χ0v) is 7.03. The average molecular weight is 148 g/mol. The summed E-state index contributed by atoms with van der Waals surface area (Å²) < 4.78 is 0. The average Bonchev–Trinajstić information content (AvgIpc) is 1.90. The molecular formula is C5H12N2OS. The number of rotatable bonds is 1. The third-order valence-corrected chi connectivity index (χ3v) is 1.72. The van der Waals surface area contributed by atoms with Crippen LogP contribution in [-0.2, 0) is 4.84 Å². The first-order valence-electron chi connectivity index (χ1n) is 2.54. The van der Waals surface area contributed by atoms with E-state index in [4.69, 9.17) is 4.84 Å². The molecule has 0 aliphatic heterocycles. The van der Waals surface area contributed by atoms with Gasteiger partial charge >= 0.3 is 0 Å². The van der Waals surface area contributed by atoms with Crippen molar-refractivity contribution in [2.24, 2.45) is 4.99 Å². The van der Waals surface area contributed by atoms with E-state index in [0.29, 0.717) is 0 Å². The molecule has 0 rings (SSSR count). The van der Waals surface area contributed by atoms with Crippen LogP contribution in [0.5, 0.6) is 0 Å². The van der Waals surface area contributed by atoms with Gasteiger partial charge in [-0.1, -0.05) is 11.8 Å². The number of nitrogens with zero attached hydrogens (tertiary/aromatic N) is 2. The van der Waals surface area contributed by atoms with Crippen LogP contribution in [0, 0.1) is 0 Å². The summed E-state index contributed by atoms with van der Waals surface area (Å²) in [5.74, 6) is 0. The molecule has 0 aromatic carbocycles. The summed E-state index contributed by atoms with van der Waals surface area (Å²) >= 11 is 1.55. The van der Waals surface area contributed by atoms with Gasteiger partial charge in [0, 0.05) is 14.1 Å². The maximum Gasteiger partial charge on any atom is 0.182 e. The van der Waals surface area contributed by atoms with Gasteiger partial charge in [-0.2, -0.15) is 0 Å². The quantitative estimate of drug-likeness (QED) is 0.313. The standard InChI is InChI=1S/C5H12N2OS/c1-6-5(9-4)7(2)8-3/h1-4H3. The predicted molar refractivity (Wildman–Crippen MR) is 41.6 cm³/mol. The molecule has 9 heavy (non-hydrogen) atoms. The maximum absolute atomic E-state index is 4.88. The third kappa shape index (κ3) is 2.72. The lowest BCUT2D eigenvalue weighted by Crippen LogP contribution is -2.22. The summed E-state index contributed by atoms with van der Waals surface area (Å²) in [7, 11) is 5.17. The van der Waals surface area contributed by atoms with Crippen molar-refractivity contribution in [1.82, 2.24) is 5.06 Å². The summed E-state index contributed by atoms with van der Waals surface area (Å²) in [6.07, 6.45) is 1.96. The van der Waals surface area contributed by atoms with Crippen molar-refractivity contribution in [1.29, 1.82) is 0 Å². The van der Waals surface area contributed by atoms with Crippen molar-refractivity contribution in [3.8, 4) is 0 Å². The molecule has 4 heteroatoms. The zero-order valence-electron chi connectivity index (χ0n) is 6.21. The van der Waals surface area contributed by atoms with Gasteiger partial charge in [-0.15, -0.1) is 0 Å². The highest BCUT2D eigenvalue weighted by Gasteiger charge is 1.99. The Labute approximate surface area is 60.0 Å². The van der Waals surface area contributed by atoms with Crippen LogP contribution in [0.3, 0.4) is 0 Å². The SMILES string of the molecule is CN=C(SC)N(C)OC. The fraction of sp³-hybridized carbons (Fsp3) is 0.800. The minimum atomic E-state index is 0.873. The van der Waals surface area contributed by atoms with Crippen LogP contribution >= 0.6 is 11.8 Å². The number of hydrogen-bond acceptors (Lipinski definition) is 3. The van der Waals surface area contributed by atoms with Crippen molar-refractivity contribution in [3.63, 3.8) is 0 Å². The molecular weight excluding hydrogens is 136 g/mol. The van der Waals surface area contributed by atoms with Crippen molar-refractivity contribution in [3.05, 3.63) is 0 Å². The Morgan fingerprint density at radius 2 is 2.22 bits per heavy atom. The molecule has 0 heterocycles. The van der Waals surface area contributed by atoms with Gasteiger partial charge in [0.15, 0.2) is 5.17 Å². The first-order chi connectivity index (χ1) is 4.26. The van der Waals surface area contributed by atoms with Crippen LogP contribution in [0.25, 0.3) is 0 Å². The molecule has 0 amide bonds. The van der Waals surface area contributed by atoms with Crippen LogP contribution < -0.4 is 0 Å². The molecule has 0 N–H and O–H groups in total. The minimum absolute atomic E-state index is 0.873. The largest absolute Gasteiger partial charge is 0.275 e. The lowest BCUT2D eigenvalue weighted by molar-refractivity contribution is -0.0383. The molecule has 0 bridgehead atoms. The molecule has 0 aliphatic rings. The molecule has 0 unspecified atom stereocenters. The summed E-state index contributed by atoms with van der Waals surface area (Å²) in [4.78, 5) is 8.83. The topological polar surface area (TPSA) is 24.8 Å². The van der Waals surface area contributed by atoms with Gasteiger partial charge in [0.05, 0.1) is 7.11 Å². The second kappa shape index (κ2) is 4.64. The van der Waals surface area contributed by atoms with Crippen LogP contribution in [0.2, 0.25) is 0 Å². The van der Waals surface area contributed by atoms with Crippen LogP contribution in [0.4, 0.5) is 0 Å². The third-order valence-electron chi connectivity index (χ3n) is 0.917. The van der Waals surface area contributed by atoms with Crippen LogP contribution in [0.15, 0.2) is 4.99 Å². The van der Waals surface area contributed by atoms with E-state index in [1.165, 1.54) is 0 Å². The van der Waals surface area contributed by atoms with Crippen molar-refractivity contribution >= 4 is 16.9 Å². The van der Waals surface area contributed by atoms with Crippen molar-refractivity contribution in [2.45, 2.75) is 0 Å². The lowest BCUT2D eigenvalue weighted by atomic mass is 11.1. The number of hydroxylamine groups is 2. The Kier molecular flexibility index (Phi) is 4.53. The van der Waals surface area contributed by atoms with Gasteiger partial charge < -0.3 is 0 Å². The second-order valence-corrected chi connectivity index (χ2v) is 2.16. The molecule has 0 fully saturated rings. The number of aliphatic imine (C=N–C) groups is 1. The smallest absolute Gasteiger partial charge is 0.182 e. The summed E-state index contributed by atoms with van der Waals surface area (Å²) in [5, 5.41) is 2.49. The van der Waals surface area contributed by atoms with E-state index in [1.54, 1.807) is 31.0 Å². The molecule has 0 radical (unpaired) electrons. The Morgan fingerprint density at radius 1 is 1.67 bits per heavy atom. The van der Waals surface area contributed by atoms with E-state index >= 15 is 0 Å². The second-order valence-electron chi connectivity index (χ2n) is 1.39. The fourth-order valence-electron chi connectivity index (χ4n) is 0.439. The summed E-state index contributed by atoms with van der Waals surface area (Å²) in [6, 6.07) is 0. The molecule has 0 atom stereocenters.